The van der Waals surface area contributed by atoms with Gasteiger partial charge >= 0.3 is 6.03 Å². The third-order valence-corrected chi connectivity index (χ3v) is 3.50. The number of amides is 2. The molecule has 90 valence electrons. The van der Waals surface area contributed by atoms with Gasteiger partial charge in [0.15, 0.2) is 0 Å². The first-order chi connectivity index (χ1) is 8.25. The van der Waals surface area contributed by atoms with E-state index in [-0.39, 0.29) is 6.03 Å². The molecule has 17 heavy (non-hydrogen) atoms. The average molecular weight is 231 g/mol. The van der Waals surface area contributed by atoms with E-state index < -0.39 is 0 Å². The zero-order valence-corrected chi connectivity index (χ0v) is 9.80. The van der Waals surface area contributed by atoms with E-state index in [9.17, 15) is 4.79 Å². The molecule has 4 heteroatoms. The Labute approximate surface area is 101 Å². The van der Waals surface area contributed by atoms with Gasteiger partial charge in [-0.05, 0) is 30.9 Å². The largest absolute Gasteiger partial charge is 0.397 e. The summed E-state index contributed by atoms with van der Waals surface area (Å²) in [6.07, 6.45) is 2.55. The summed E-state index contributed by atoms with van der Waals surface area (Å²) < 4.78 is 0. The van der Waals surface area contributed by atoms with E-state index in [0.717, 1.165) is 31.2 Å². The van der Waals surface area contributed by atoms with Crippen molar-refractivity contribution in [3.05, 3.63) is 24.3 Å². The highest BCUT2D eigenvalue weighted by molar-refractivity contribution is 5.97. The van der Waals surface area contributed by atoms with Crippen molar-refractivity contribution in [3.63, 3.8) is 0 Å². The van der Waals surface area contributed by atoms with Gasteiger partial charge in [-0.25, -0.2) is 4.79 Å². The molecule has 0 radical (unpaired) electrons. The van der Waals surface area contributed by atoms with Gasteiger partial charge in [0.1, 0.15) is 0 Å². The van der Waals surface area contributed by atoms with E-state index in [1.807, 2.05) is 29.2 Å². The van der Waals surface area contributed by atoms with Gasteiger partial charge in [-0.15, -0.1) is 0 Å². The summed E-state index contributed by atoms with van der Waals surface area (Å²) in [5, 5.41) is 0. The fourth-order valence-electron chi connectivity index (χ4n) is 2.32. The summed E-state index contributed by atoms with van der Waals surface area (Å²) in [6.45, 7) is 2.49. The van der Waals surface area contributed by atoms with Crippen molar-refractivity contribution >= 4 is 17.4 Å². The van der Waals surface area contributed by atoms with Crippen LogP contribution in [0.25, 0.3) is 0 Å². The molecule has 0 atom stereocenters. The van der Waals surface area contributed by atoms with Gasteiger partial charge in [-0.2, -0.15) is 0 Å². The van der Waals surface area contributed by atoms with Crippen LogP contribution in [0.5, 0.6) is 0 Å². The van der Waals surface area contributed by atoms with Crippen LogP contribution in [0.15, 0.2) is 24.3 Å². The van der Waals surface area contributed by atoms with Crippen molar-refractivity contribution in [2.45, 2.75) is 12.8 Å². The standard InChI is InChI=1S/C13H17N3O/c14-11-3-1-2-4-12(11)16-8-7-15(13(16)17)9-10-5-6-10/h1-4,10H,5-9,14H2. The molecule has 2 aliphatic rings. The number of nitrogens with two attached hydrogens (primary N) is 1. The molecule has 1 heterocycles. The number of nitrogens with zero attached hydrogens (tertiary/aromatic N) is 2. The monoisotopic (exact) mass is 231 g/mol. The SMILES string of the molecule is Nc1ccccc1N1CCN(CC2CC2)C1=O. The second-order valence-corrected chi connectivity index (χ2v) is 4.88. The fourth-order valence-corrected chi connectivity index (χ4v) is 2.32. The molecular formula is C13H17N3O. The minimum absolute atomic E-state index is 0.106. The number of rotatable bonds is 3. The third-order valence-electron chi connectivity index (χ3n) is 3.50. The van der Waals surface area contributed by atoms with Crippen LogP contribution < -0.4 is 10.6 Å². The molecule has 1 saturated carbocycles. The third kappa shape index (κ3) is 1.95. The summed E-state index contributed by atoms with van der Waals surface area (Å²) in [7, 11) is 0. The van der Waals surface area contributed by atoms with Gasteiger partial charge in [0.25, 0.3) is 0 Å². The first-order valence-corrected chi connectivity index (χ1v) is 6.16. The van der Waals surface area contributed by atoms with E-state index in [2.05, 4.69) is 0 Å². The summed E-state index contributed by atoms with van der Waals surface area (Å²) in [6, 6.07) is 7.67. The molecule has 0 bridgehead atoms. The minimum Gasteiger partial charge on any atom is -0.397 e. The number of hydrogen-bond acceptors (Lipinski definition) is 2. The average Bonchev–Trinajstić information content (AvgIpc) is 3.07. The first-order valence-electron chi connectivity index (χ1n) is 6.16. The van der Waals surface area contributed by atoms with E-state index in [1.165, 1.54) is 12.8 Å². The molecule has 1 aliphatic carbocycles. The second-order valence-electron chi connectivity index (χ2n) is 4.88. The van der Waals surface area contributed by atoms with Crippen LogP contribution in [0.3, 0.4) is 0 Å². The minimum atomic E-state index is 0.106. The van der Waals surface area contributed by atoms with E-state index >= 15 is 0 Å². The number of hydrogen-bond donors (Lipinski definition) is 1. The Morgan fingerprint density at radius 1 is 1.24 bits per heavy atom. The van der Waals surface area contributed by atoms with Crippen molar-refractivity contribution in [1.29, 1.82) is 0 Å². The van der Waals surface area contributed by atoms with Crippen LogP contribution in [0.2, 0.25) is 0 Å². The first kappa shape index (κ1) is 10.4. The highest BCUT2D eigenvalue weighted by Crippen LogP contribution is 2.32. The van der Waals surface area contributed by atoms with Crippen LogP contribution in [0, 0.1) is 5.92 Å². The summed E-state index contributed by atoms with van der Waals surface area (Å²) in [5.74, 6) is 0.743. The van der Waals surface area contributed by atoms with Crippen molar-refractivity contribution in [2.75, 3.05) is 30.3 Å². The van der Waals surface area contributed by atoms with Crippen LogP contribution in [0.1, 0.15) is 12.8 Å². The van der Waals surface area contributed by atoms with Crippen molar-refractivity contribution in [2.24, 2.45) is 5.92 Å². The highest BCUT2D eigenvalue weighted by atomic mass is 16.2. The Balaban J connectivity index is 1.76. The molecular weight excluding hydrogens is 214 g/mol. The number of benzene rings is 1. The lowest BCUT2D eigenvalue weighted by atomic mass is 10.2. The quantitative estimate of drug-likeness (QED) is 0.808. The van der Waals surface area contributed by atoms with Crippen LogP contribution in [-0.2, 0) is 0 Å². The highest BCUT2D eigenvalue weighted by Gasteiger charge is 2.34. The number of carbonyl (C=O) groups excluding carboxylic acids is 1. The van der Waals surface area contributed by atoms with Gasteiger partial charge in [-0.3, -0.25) is 4.90 Å². The van der Waals surface area contributed by atoms with Gasteiger partial charge in [-0.1, -0.05) is 12.1 Å². The predicted molar refractivity (Wildman–Crippen MR) is 67.9 cm³/mol. The molecule has 2 N–H and O–H groups in total. The summed E-state index contributed by atoms with van der Waals surface area (Å²) in [5.41, 5.74) is 7.43. The molecule has 2 amide bonds. The zero-order chi connectivity index (χ0) is 11.8. The van der Waals surface area contributed by atoms with Gasteiger partial charge in [0, 0.05) is 19.6 Å². The number of urea groups is 1. The second kappa shape index (κ2) is 3.95. The van der Waals surface area contributed by atoms with Crippen molar-refractivity contribution < 1.29 is 4.79 Å². The molecule has 4 nitrogen and oxygen atoms in total. The molecule has 1 aromatic carbocycles. The number of para-hydroxylation sites is 2. The number of anilines is 2. The Hall–Kier alpha value is -1.71. The van der Waals surface area contributed by atoms with Gasteiger partial charge < -0.3 is 10.6 Å². The summed E-state index contributed by atoms with van der Waals surface area (Å²) in [4.78, 5) is 16.0. The fraction of sp³-hybridized carbons (Fsp3) is 0.462. The van der Waals surface area contributed by atoms with E-state index in [0.29, 0.717) is 5.69 Å². The number of carbonyl (C=O) groups is 1. The van der Waals surface area contributed by atoms with Crippen molar-refractivity contribution in [1.82, 2.24) is 4.90 Å². The Kier molecular flexibility index (Phi) is 2.42. The lowest BCUT2D eigenvalue weighted by Gasteiger charge is -2.19. The normalized spacial score (nSPS) is 20.1. The lowest BCUT2D eigenvalue weighted by molar-refractivity contribution is 0.218. The molecule has 0 unspecified atom stereocenters. The molecule has 1 aliphatic heterocycles. The van der Waals surface area contributed by atoms with Crippen LogP contribution in [0.4, 0.5) is 16.2 Å². The van der Waals surface area contributed by atoms with Gasteiger partial charge in [0.2, 0.25) is 0 Å². The Morgan fingerprint density at radius 3 is 2.71 bits per heavy atom. The maximum Gasteiger partial charge on any atom is 0.324 e. The molecule has 0 spiro atoms. The topological polar surface area (TPSA) is 49.6 Å². The zero-order valence-electron chi connectivity index (χ0n) is 9.80. The molecule has 1 saturated heterocycles. The van der Waals surface area contributed by atoms with Crippen LogP contribution in [-0.4, -0.2) is 30.6 Å². The molecule has 3 rings (SSSR count). The Morgan fingerprint density at radius 2 is 2.00 bits per heavy atom. The van der Waals surface area contributed by atoms with E-state index in [1.54, 1.807) is 4.90 Å². The Bertz CT molecular complexity index is 442. The molecule has 2 fully saturated rings. The maximum atomic E-state index is 12.2. The van der Waals surface area contributed by atoms with Gasteiger partial charge in [0.05, 0.1) is 11.4 Å². The number of nitrogen functional groups attached to an aromatic ring is 1. The molecule has 0 aromatic heterocycles. The van der Waals surface area contributed by atoms with Crippen LogP contribution >= 0.6 is 0 Å². The summed E-state index contributed by atoms with van der Waals surface area (Å²) >= 11 is 0. The van der Waals surface area contributed by atoms with Crippen molar-refractivity contribution in [3.8, 4) is 0 Å². The predicted octanol–water partition coefficient (Wildman–Crippen LogP) is 1.92. The smallest absolute Gasteiger partial charge is 0.324 e. The molecule has 1 aromatic rings. The maximum absolute atomic E-state index is 12.2. The van der Waals surface area contributed by atoms with E-state index in [4.69, 9.17) is 5.73 Å². The lowest BCUT2D eigenvalue weighted by Crippen LogP contribution is -2.33.